The number of rotatable bonds is 6. The molecule has 2 aromatic rings. The first-order valence-electron chi connectivity index (χ1n) is 13.2. The summed E-state index contributed by atoms with van der Waals surface area (Å²) >= 11 is 0. The lowest BCUT2D eigenvalue weighted by Crippen LogP contribution is -2.74. The lowest BCUT2D eigenvalue weighted by molar-refractivity contribution is -0.172. The number of benzene rings is 2. The summed E-state index contributed by atoms with van der Waals surface area (Å²) in [5, 5.41) is 14.8. The van der Waals surface area contributed by atoms with Crippen LogP contribution in [-0.4, -0.2) is 96.0 Å². The lowest BCUT2D eigenvalue weighted by Gasteiger charge is -2.56. The standard InChI is InChI=1S/C25H31B4FN4O5/c26-23(27)21(36)32-22(37)24(38,25(23,28)29)34-13-17-16(20(34)35)2-1-3-19(17)31-11-15-5-4-14(10-18(15)30)12-33-6-8-39-9-7-33/h1-5,10,31,38H,6-9,11-13,26-29H2,(H,32,36,37). The number of ether oxygens (including phenoxy) is 1. The highest BCUT2D eigenvalue weighted by Crippen LogP contribution is 2.55. The Kier molecular flexibility index (Phi) is 6.93. The third-order valence-electron chi connectivity index (χ3n) is 9.00. The van der Waals surface area contributed by atoms with Crippen molar-refractivity contribution in [3.05, 3.63) is 64.5 Å². The number of piperidine rings is 1. The predicted molar refractivity (Wildman–Crippen MR) is 154 cm³/mol. The summed E-state index contributed by atoms with van der Waals surface area (Å²) in [5.41, 5.74) is 0.647. The van der Waals surface area contributed by atoms with Gasteiger partial charge in [0.2, 0.25) is 11.6 Å². The van der Waals surface area contributed by atoms with Gasteiger partial charge in [0, 0.05) is 48.6 Å². The molecule has 3 heterocycles. The molecule has 0 aromatic heterocycles. The Morgan fingerprint density at radius 3 is 2.46 bits per heavy atom. The van der Waals surface area contributed by atoms with E-state index in [4.69, 9.17) is 4.74 Å². The van der Waals surface area contributed by atoms with Gasteiger partial charge in [0.1, 0.15) is 37.2 Å². The van der Waals surface area contributed by atoms with Crippen LogP contribution in [0.1, 0.15) is 27.0 Å². The van der Waals surface area contributed by atoms with Crippen molar-refractivity contribution in [3.63, 3.8) is 0 Å². The number of nitrogens with one attached hydrogen (secondary N) is 2. The fraction of sp³-hybridized carbons (Fsp3) is 0.400. The van der Waals surface area contributed by atoms with Crippen LogP contribution in [0.3, 0.4) is 0 Å². The van der Waals surface area contributed by atoms with Gasteiger partial charge in [-0.2, -0.15) is 0 Å². The molecule has 3 N–H and O–H groups in total. The molecule has 3 aliphatic heterocycles. The highest BCUT2D eigenvalue weighted by Gasteiger charge is 2.67. The highest BCUT2D eigenvalue weighted by molar-refractivity contribution is 6.64. The maximum Gasteiger partial charge on any atom is 0.278 e. The fourth-order valence-corrected chi connectivity index (χ4v) is 5.61. The van der Waals surface area contributed by atoms with Gasteiger partial charge in [0.05, 0.1) is 19.8 Å². The molecule has 1 atom stereocenters. The monoisotopic (exact) mass is 530 g/mol. The van der Waals surface area contributed by atoms with Crippen molar-refractivity contribution in [2.24, 2.45) is 0 Å². The maximum atomic E-state index is 15.0. The molecule has 2 fully saturated rings. The summed E-state index contributed by atoms with van der Waals surface area (Å²) in [6, 6.07) is 10.3. The molecule has 9 nitrogen and oxygen atoms in total. The molecule has 0 radical (unpaired) electrons. The molecule has 3 amide bonds. The minimum Gasteiger partial charge on any atom is -0.381 e. The van der Waals surface area contributed by atoms with Crippen molar-refractivity contribution in [1.82, 2.24) is 15.1 Å². The number of nitrogens with zero attached hydrogens (tertiary/aromatic N) is 2. The van der Waals surface area contributed by atoms with Crippen LogP contribution in [0.5, 0.6) is 0 Å². The van der Waals surface area contributed by atoms with Gasteiger partial charge in [0.15, 0.2) is 0 Å². The summed E-state index contributed by atoms with van der Waals surface area (Å²) in [5.74, 6) is -2.26. The molecule has 39 heavy (non-hydrogen) atoms. The van der Waals surface area contributed by atoms with Crippen LogP contribution >= 0.6 is 0 Å². The molecule has 0 spiro atoms. The topological polar surface area (TPSA) is 111 Å². The van der Waals surface area contributed by atoms with E-state index in [0.29, 0.717) is 42.1 Å². The molecular formula is C25H31B4FN4O5. The second-order valence-corrected chi connectivity index (χ2v) is 11.6. The smallest absolute Gasteiger partial charge is 0.278 e. The van der Waals surface area contributed by atoms with Crippen LogP contribution in [-0.2, 0) is 34.0 Å². The number of fused-ring (bicyclic) bond motifs is 1. The highest BCUT2D eigenvalue weighted by atomic mass is 19.1. The number of morpholine rings is 1. The normalized spacial score (nSPS) is 24.4. The number of hydrogen-bond donors (Lipinski definition) is 3. The average Bonchev–Trinajstić information content (AvgIpc) is 3.24. The quantitative estimate of drug-likeness (QED) is 0.277. The molecule has 2 saturated heterocycles. The van der Waals surface area contributed by atoms with Gasteiger partial charge in [-0.15, -0.1) is 0 Å². The Morgan fingerprint density at radius 1 is 1.05 bits per heavy atom. The summed E-state index contributed by atoms with van der Waals surface area (Å²) in [7, 11) is 6.51. The van der Waals surface area contributed by atoms with Crippen molar-refractivity contribution >= 4 is 54.8 Å². The van der Waals surface area contributed by atoms with Gasteiger partial charge < -0.3 is 15.2 Å². The first kappa shape index (κ1) is 27.5. The Bertz CT molecular complexity index is 1350. The van der Waals surface area contributed by atoms with Crippen molar-refractivity contribution in [1.29, 1.82) is 0 Å². The number of carbonyl (C=O) groups is 3. The summed E-state index contributed by atoms with van der Waals surface area (Å²) in [6.07, 6.45) is 0. The van der Waals surface area contributed by atoms with Crippen LogP contribution in [0.4, 0.5) is 10.1 Å². The minimum absolute atomic E-state index is 0.0457. The zero-order chi connectivity index (χ0) is 28.2. The van der Waals surface area contributed by atoms with Gasteiger partial charge in [-0.05, 0) is 34.2 Å². The Morgan fingerprint density at radius 2 is 1.77 bits per heavy atom. The van der Waals surface area contributed by atoms with Crippen LogP contribution in [0.2, 0.25) is 10.4 Å². The molecule has 5 rings (SSSR count). The second-order valence-electron chi connectivity index (χ2n) is 11.6. The molecule has 0 aliphatic carbocycles. The first-order chi connectivity index (χ1) is 18.4. The number of anilines is 1. The van der Waals surface area contributed by atoms with Gasteiger partial charge in [-0.1, -0.05) is 18.2 Å². The van der Waals surface area contributed by atoms with E-state index in [0.717, 1.165) is 23.6 Å². The van der Waals surface area contributed by atoms with Crippen LogP contribution in [0.25, 0.3) is 0 Å². The third kappa shape index (κ3) is 4.38. The van der Waals surface area contributed by atoms with Crippen molar-refractivity contribution in [3.8, 4) is 0 Å². The van der Waals surface area contributed by atoms with Gasteiger partial charge in [-0.3, -0.25) is 29.5 Å². The zero-order valence-corrected chi connectivity index (χ0v) is 22.8. The summed E-state index contributed by atoms with van der Waals surface area (Å²) in [4.78, 5) is 42.5. The first-order valence-corrected chi connectivity index (χ1v) is 13.2. The fourth-order valence-electron chi connectivity index (χ4n) is 5.61. The molecule has 0 bridgehead atoms. The van der Waals surface area contributed by atoms with Crippen molar-refractivity contribution in [2.75, 3.05) is 31.6 Å². The Hall–Kier alpha value is -3.08. The van der Waals surface area contributed by atoms with Crippen LogP contribution in [0, 0.1) is 5.82 Å². The molecule has 2 aromatic carbocycles. The molecule has 0 saturated carbocycles. The van der Waals surface area contributed by atoms with E-state index >= 15 is 0 Å². The number of amides is 3. The van der Waals surface area contributed by atoms with Gasteiger partial charge in [-0.25, -0.2) is 4.39 Å². The molecular weight excluding hydrogens is 499 g/mol. The summed E-state index contributed by atoms with van der Waals surface area (Å²) in [6.45, 7) is 3.81. The maximum absolute atomic E-state index is 15.0. The molecule has 1 unspecified atom stereocenters. The number of aliphatic hydroxyl groups is 1. The van der Waals surface area contributed by atoms with E-state index in [2.05, 4.69) is 15.5 Å². The van der Waals surface area contributed by atoms with Crippen LogP contribution < -0.4 is 10.6 Å². The van der Waals surface area contributed by atoms with Crippen molar-refractivity contribution in [2.45, 2.75) is 35.8 Å². The van der Waals surface area contributed by atoms with E-state index in [9.17, 15) is 23.9 Å². The van der Waals surface area contributed by atoms with Gasteiger partial charge >= 0.3 is 0 Å². The van der Waals surface area contributed by atoms with E-state index in [-0.39, 0.29) is 18.9 Å². The van der Waals surface area contributed by atoms with Gasteiger partial charge in [0.25, 0.3) is 11.8 Å². The predicted octanol–water partition coefficient (Wildman–Crippen LogP) is -2.66. The SMILES string of the molecule is BC1(B)C(=O)NC(=O)C(O)(N2Cc3c(NCc4ccc(CN5CCOCC5)cc4F)cccc3C2=O)C1(B)B. The zero-order valence-electron chi connectivity index (χ0n) is 22.8. The molecule has 14 heteroatoms. The van der Waals surface area contributed by atoms with E-state index in [1.165, 1.54) is 0 Å². The minimum atomic E-state index is -2.26. The lowest BCUT2D eigenvalue weighted by atomic mass is 9.25. The van der Waals surface area contributed by atoms with Crippen LogP contribution in [0.15, 0.2) is 36.4 Å². The second kappa shape index (κ2) is 9.83. The molecule has 200 valence electrons. The molecule has 3 aliphatic rings. The van der Waals surface area contributed by atoms with E-state index in [1.807, 2.05) is 6.07 Å². The third-order valence-corrected chi connectivity index (χ3v) is 9.00. The largest absolute Gasteiger partial charge is 0.381 e. The number of halogens is 1. The number of hydrogen-bond acceptors (Lipinski definition) is 7. The Balaban J connectivity index is 1.35. The van der Waals surface area contributed by atoms with Crippen molar-refractivity contribution < 1.29 is 28.6 Å². The number of carbonyl (C=O) groups excluding carboxylic acids is 3. The average molecular weight is 530 g/mol. The Labute approximate surface area is 230 Å². The summed E-state index contributed by atoms with van der Waals surface area (Å²) < 4.78 is 20.4. The van der Waals surface area contributed by atoms with E-state index in [1.54, 1.807) is 61.7 Å². The van der Waals surface area contributed by atoms with E-state index < -0.39 is 33.9 Å². The number of imide groups is 1.